The Kier molecular flexibility index (Phi) is 4.36. The van der Waals surface area contributed by atoms with Crippen molar-refractivity contribution in [3.05, 3.63) is 27.3 Å². The van der Waals surface area contributed by atoms with Gasteiger partial charge in [-0.05, 0) is 20.8 Å². The molecule has 7 nitrogen and oxygen atoms in total. The third kappa shape index (κ3) is 3.23. The molecule has 0 radical (unpaired) electrons. The number of nitrogens with zero attached hydrogens (tertiary/aromatic N) is 3. The summed E-state index contributed by atoms with van der Waals surface area (Å²) < 4.78 is 1.82. The van der Waals surface area contributed by atoms with E-state index in [1.54, 1.807) is 11.3 Å². The maximum Gasteiger partial charge on any atom is 0.254 e. The van der Waals surface area contributed by atoms with Crippen LogP contribution in [0.3, 0.4) is 0 Å². The fourth-order valence-corrected chi connectivity index (χ4v) is 3.92. The summed E-state index contributed by atoms with van der Waals surface area (Å²) in [6, 6.07) is 0.279. The minimum absolute atomic E-state index is 0.279. The number of primary amides is 1. The molecule has 1 aliphatic heterocycles. The van der Waals surface area contributed by atoms with Crippen molar-refractivity contribution >= 4 is 23.1 Å². The molecule has 0 saturated carbocycles. The van der Waals surface area contributed by atoms with Crippen LogP contribution in [-0.4, -0.2) is 33.8 Å². The molecule has 23 heavy (non-hydrogen) atoms. The van der Waals surface area contributed by atoms with Gasteiger partial charge in [0.25, 0.3) is 5.91 Å². The Labute approximate surface area is 139 Å². The molecule has 0 fully saturated rings. The van der Waals surface area contributed by atoms with Crippen molar-refractivity contribution in [2.45, 2.75) is 33.4 Å². The van der Waals surface area contributed by atoms with Gasteiger partial charge in [0, 0.05) is 36.5 Å². The van der Waals surface area contributed by atoms with E-state index in [4.69, 9.17) is 5.73 Å². The number of aromatic nitrogens is 3. The Bertz CT molecular complexity index is 722. The van der Waals surface area contributed by atoms with Crippen molar-refractivity contribution < 1.29 is 4.79 Å². The zero-order chi connectivity index (χ0) is 16.6. The van der Waals surface area contributed by atoms with Gasteiger partial charge in [-0.2, -0.15) is 5.10 Å². The van der Waals surface area contributed by atoms with Crippen molar-refractivity contribution in [1.29, 1.82) is 0 Å². The van der Waals surface area contributed by atoms with Gasteiger partial charge in [-0.1, -0.05) is 0 Å². The monoisotopic (exact) mass is 334 g/mol. The van der Waals surface area contributed by atoms with Crippen LogP contribution in [0.2, 0.25) is 0 Å². The normalized spacial score (nSPS) is 18.3. The number of thiazole rings is 1. The van der Waals surface area contributed by atoms with Crippen LogP contribution in [0, 0.1) is 19.8 Å². The average molecular weight is 334 g/mol. The SMILES string of the molecule is Cc1nc(C)c(C(C)NCC2CNc3c(C(N)=O)cnn3C2)s1. The van der Waals surface area contributed by atoms with Gasteiger partial charge in [0.1, 0.15) is 11.4 Å². The predicted octanol–water partition coefficient (Wildman–Crippen LogP) is 1.45. The second kappa shape index (κ2) is 6.29. The van der Waals surface area contributed by atoms with Gasteiger partial charge in [0.15, 0.2) is 0 Å². The minimum atomic E-state index is -0.444. The molecule has 1 amide bonds. The number of hydrogen-bond donors (Lipinski definition) is 3. The fraction of sp³-hybridized carbons (Fsp3) is 0.533. The summed E-state index contributed by atoms with van der Waals surface area (Å²) in [5.74, 6) is 0.690. The number of anilines is 1. The predicted molar refractivity (Wildman–Crippen MR) is 90.7 cm³/mol. The Morgan fingerprint density at radius 2 is 2.39 bits per heavy atom. The largest absolute Gasteiger partial charge is 0.369 e. The molecule has 1 aliphatic rings. The molecule has 3 rings (SSSR count). The summed E-state index contributed by atoms with van der Waals surface area (Å²) in [5.41, 5.74) is 6.91. The minimum Gasteiger partial charge on any atom is -0.369 e. The highest BCUT2D eigenvalue weighted by molar-refractivity contribution is 7.11. The highest BCUT2D eigenvalue weighted by Gasteiger charge is 2.24. The van der Waals surface area contributed by atoms with Crippen molar-refractivity contribution in [2.24, 2.45) is 11.7 Å². The van der Waals surface area contributed by atoms with Crippen LogP contribution in [0.4, 0.5) is 5.82 Å². The number of nitrogens with two attached hydrogens (primary N) is 1. The second-order valence-electron chi connectivity index (χ2n) is 6.01. The lowest BCUT2D eigenvalue weighted by Crippen LogP contribution is -2.36. The maximum atomic E-state index is 11.3. The summed E-state index contributed by atoms with van der Waals surface area (Å²) in [6.45, 7) is 8.70. The summed E-state index contributed by atoms with van der Waals surface area (Å²) in [6.07, 6.45) is 1.53. The van der Waals surface area contributed by atoms with Gasteiger partial charge in [-0.25, -0.2) is 9.67 Å². The zero-order valence-electron chi connectivity index (χ0n) is 13.6. The average Bonchev–Trinajstić information content (AvgIpc) is 3.07. The lowest BCUT2D eigenvalue weighted by Gasteiger charge is -2.27. The summed E-state index contributed by atoms with van der Waals surface area (Å²) in [4.78, 5) is 17.1. The number of amides is 1. The molecule has 0 saturated heterocycles. The Balaban J connectivity index is 1.60. The molecular formula is C15H22N6OS. The van der Waals surface area contributed by atoms with E-state index in [9.17, 15) is 4.79 Å². The smallest absolute Gasteiger partial charge is 0.254 e. The van der Waals surface area contributed by atoms with E-state index >= 15 is 0 Å². The molecule has 2 atom stereocenters. The number of nitrogens with one attached hydrogen (secondary N) is 2. The highest BCUT2D eigenvalue weighted by atomic mass is 32.1. The van der Waals surface area contributed by atoms with E-state index in [0.717, 1.165) is 36.2 Å². The highest BCUT2D eigenvalue weighted by Crippen LogP contribution is 2.25. The number of rotatable bonds is 5. The number of carbonyl (C=O) groups is 1. The second-order valence-corrected chi connectivity index (χ2v) is 7.25. The summed E-state index contributed by atoms with van der Waals surface area (Å²) in [5, 5.41) is 12.2. The van der Waals surface area contributed by atoms with Crippen molar-refractivity contribution in [3.8, 4) is 0 Å². The molecular weight excluding hydrogens is 312 g/mol. The lowest BCUT2D eigenvalue weighted by molar-refractivity contribution is 0.100. The van der Waals surface area contributed by atoms with Gasteiger partial charge in [0.2, 0.25) is 0 Å². The van der Waals surface area contributed by atoms with Crippen molar-refractivity contribution in [1.82, 2.24) is 20.1 Å². The van der Waals surface area contributed by atoms with Crippen LogP contribution >= 0.6 is 11.3 Å². The van der Waals surface area contributed by atoms with E-state index in [1.165, 1.54) is 11.1 Å². The van der Waals surface area contributed by atoms with Gasteiger partial charge < -0.3 is 16.4 Å². The van der Waals surface area contributed by atoms with Crippen LogP contribution in [0.5, 0.6) is 0 Å². The molecule has 2 unspecified atom stereocenters. The molecule has 0 bridgehead atoms. The first-order chi connectivity index (χ1) is 11.0. The molecule has 4 N–H and O–H groups in total. The molecule has 2 aromatic heterocycles. The molecule has 0 aromatic carbocycles. The van der Waals surface area contributed by atoms with E-state index in [2.05, 4.69) is 34.6 Å². The van der Waals surface area contributed by atoms with E-state index in [1.807, 2.05) is 11.6 Å². The Hall–Kier alpha value is -1.93. The van der Waals surface area contributed by atoms with Gasteiger partial charge >= 0.3 is 0 Å². The standard InChI is InChI=1S/C15H22N6OS/c1-8(13-9(2)20-10(3)23-13)17-4-11-5-18-15-12(14(16)22)6-19-21(15)7-11/h6,8,11,17-18H,4-5,7H2,1-3H3,(H2,16,22). The molecule has 2 aromatic rings. The molecule has 0 spiro atoms. The molecule has 0 aliphatic carbocycles. The first-order valence-electron chi connectivity index (χ1n) is 7.72. The molecule has 3 heterocycles. The van der Waals surface area contributed by atoms with Gasteiger partial charge in [0.05, 0.1) is 16.9 Å². The number of fused-ring (bicyclic) bond motifs is 1. The quantitative estimate of drug-likeness (QED) is 0.769. The fourth-order valence-electron chi connectivity index (χ4n) is 2.96. The van der Waals surface area contributed by atoms with Crippen LogP contribution in [0.25, 0.3) is 0 Å². The van der Waals surface area contributed by atoms with Gasteiger partial charge in [-0.15, -0.1) is 11.3 Å². The Morgan fingerprint density at radius 3 is 3.04 bits per heavy atom. The van der Waals surface area contributed by atoms with Crippen LogP contribution in [0.15, 0.2) is 6.20 Å². The van der Waals surface area contributed by atoms with Crippen LogP contribution < -0.4 is 16.4 Å². The first-order valence-corrected chi connectivity index (χ1v) is 8.54. The van der Waals surface area contributed by atoms with E-state index in [0.29, 0.717) is 11.5 Å². The molecule has 8 heteroatoms. The summed E-state index contributed by atoms with van der Waals surface area (Å²) >= 11 is 1.75. The topological polar surface area (TPSA) is 97.9 Å². The number of hydrogen-bond acceptors (Lipinski definition) is 6. The Morgan fingerprint density at radius 1 is 1.61 bits per heavy atom. The van der Waals surface area contributed by atoms with Crippen LogP contribution in [-0.2, 0) is 6.54 Å². The van der Waals surface area contributed by atoms with Gasteiger partial charge in [-0.3, -0.25) is 4.79 Å². The van der Waals surface area contributed by atoms with Crippen molar-refractivity contribution in [3.63, 3.8) is 0 Å². The van der Waals surface area contributed by atoms with E-state index < -0.39 is 5.91 Å². The summed E-state index contributed by atoms with van der Waals surface area (Å²) in [7, 11) is 0. The third-order valence-electron chi connectivity index (χ3n) is 4.14. The number of aryl methyl sites for hydroxylation is 2. The lowest BCUT2D eigenvalue weighted by atomic mass is 10.1. The van der Waals surface area contributed by atoms with Crippen LogP contribution in [0.1, 0.15) is 38.9 Å². The maximum absolute atomic E-state index is 11.3. The number of carbonyl (C=O) groups excluding carboxylic acids is 1. The zero-order valence-corrected chi connectivity index (χ0v) is 14.4. The molecule has 124 valence electrons. The third-order valence-corrected chi connectivity index (χ3v) is 5.40. The van der Waals surface area contributed by atoms with E-state index in [-0.39, 0.29) is 6.04 Å². The first kappa shape index (κ1) is 15.9. The van der Waals surface area contributed by atoms with Crippen molar-refractivity contribution in [2.75, 3.05) is 18.4 Å².